The minimum absolute atomic E-state index is 0.124. The fourth-order valence-electron chi connectivity index (χ4n) is 3.80. The molecule has 0 radical (unpaired) electrons. The van der Waals surface area contributed by atoms with Crippen LogP contribution in [0.1, 0.15) is 32.7 Å². The second-order valence-corrected chi connectivity index (χ2v) is 8.88. The summed E-state index contributed by atoms with van der Waals surface area (Å²) < 4.78 is 10.6. The first kappa shape index (κ1) is 26.1. The molecule has 190 valence electrons. The van der Waals surface area contributed by atoms with Gasteiger partial charge in [0.05, 0.1) is 18.6 Å². The number of rotatable bonds is 9. The predicted octanol–water partition coefficient (Wildman–Crippen LogP) is 4.14. The van der Waals surface area contributed by atoms with Crippen molar-refractivity contribution in [2.24, 2.45) is 0 Å². The molecule has 4 rings (SSSR count). The molecule has 0 spiro atoms. The van der Waals surface area contributed by atoms with Gasteiger partial charge in [-0.1, -0.05) is 41.9 Å². The molecule has 37 heavy (non-hydrogen) atoms. The van der Waals surface area contributed by atoms with Crippen LogP contribution in [-0.2, 0) is 25.6 Å². The number of nitrogens with zero attached hydrogens (tertiary/aromatic N) is 1. The lowest BCUT2D eigenvalue weighted by Crippen LogP contribution is -2.48. The van der Waals surface area contributed by atoms with Crippen molar-refractivity contribution in [2.75, 3.05) is 25.1 Å². The molecular formula is C28H25ClN2O6. The number of hydrogen-bond donors (Lipinski definition) is 1. The summed E-state index contributed by atoms with van der Waals surface area (Å²) in [5, 5.41) is 3.21. The third-order valence-electron chi connectivity index (χ3n) is 5.76. The van der Waals surface area contributed by atoms with Crippen LogP contribution in [0.2, 0.25) is 5.02 Å². The SMILES string of the molecule is O=C(CC1OCCN(Cc2ccccc2)C1=O)Nc1ccc(C(=O)OCC(=O)c2ccc(Cl)cc2)cc1. The molecule has 3 aromatic rings. The van der Waals surface area contributed by atoms with Crippen LogP contribution in [0, 0.1) is 0 Å². The van der Waals surface area contributed by atoms with Crippen molar-refractivity contribution in [3.63, 3.8) is 0 Å². The number of carbonyl (C=O) groups is 4. The number of ketones is 1. The van der Waals surface area contributed by atoms with Gasteiger partial charge in [-0.3, -0.25) is 14.4 Å². The topological polar surface area (TPSA) is 102 Å². The summed E-state index contributed by atoms with van der Waals surface area (Å²) in [5.74, 6) is -1.63. The van der Waals surface area contributed by atoms with Gasteiger partial charge in [0.2, 0.25) is 5.91 Å². The third-order valence-corrected chi connectivity index (χ3v) is 6.01. The normalized spacial score (nSPS) is 15.2. The Balaban J connectivity index is 1.25. The number of Topliss-reactive ketones (excluding diaryl/α,β-unsaturated/α-hetero) is 1. The van der Waals surface area contributed by atoms with Crippen LogP contribution in [0.25, 0.3) is 0 Å². The molecule has 1 N–H and O–H groups in total. The number of morpholine rings is 1. The highest BCUT2D eigenvalue weighted by atomic mass is 35.5. The van der Waals surface area contributed by atoms with Crippen LogP contribution < -0.4 is 5.32 Å². The van der Waals surface area contributed by atoms with Gasteiger partial charge >= 0.3 is 5.97 Å². The van der Waals surface area contributed by atoms with Gasteiger partial charge in [-0.15, -0.1) is 0 Å². The van der Waals surface area contributed by atoms with Gasteiger partial charge in [0.25, 0.3) is 5.91 Å². The first-order valence-electron chi connectivity index (χ1n) is 11.7. The number of halogens is 1. The molecule has 0 aliphatic carbocycles. The monoisotopic (exact) mass is 520 g/mol. The Hall–Kier alpha value is -4.01. The second kappa shape index (κ2) is 12.3. The number of esters is 1. The van der Waals surface area contributed by atoms with Crippen LogP contribution in [0.5, 0.6) is 0 Å². The Bertz CT molecular complexity index is 1260. The van der Waals surface area contributed by atoms with Crippen molar-refractivity contribution >= 4 is 40.9 Å². The van der Waals surface area contributed by atoms with Crippen molar-refractivity contribution in [2.45, 2.75) is 19.1 Å². The Kier molecular flexibility index (Phi) is 8.66. The molecule has 1 aliphatic heterocycles. The fraction of sp³-hybridized carbons (Fsp3) is 0.214. The molecule has 1 saturated heterocycles. The lowest BCUT2D eigenvalue weighted by molar-refractivity contribution is -0.155. The Morgan fingerprint density at radius 3 is 2.32 bits per heavy atom. The largest absolute Gasteiger partial charge is 0.454 e. The molecule has 0 saturated carbocycles. The minimum Gasteiger partial charge on any atom is -0.454 e. The van der Waals surface area contributed by atoms with Gasteiger partial charge in [-0.25, -0.2) is 4.79 Å². The molecular weight excluding hydrogens is 496 g/mol. The first-order valence-corrected chi connectivity index (χ1v) is 12.1. The summed E-state index contributed by atoms with van der Waals surface area (Å²) in [6.07, 6.45) is -0.981. The van der Waals surface area contributed by atoms with Gasteiger partial charge in [0, 0.05) is 29.4 Å². The van der Waals surface area contributed by atoms with E-state index in [0.29, 0.717) is 36.0 Å². The van der Waals surface area contributed by atoms with E-state index >= 15 is 0 Å². The van der Waals surface area contributed by atoms with Gasteiger partial charge in [0.15, 0.2) is 12.4 Å². The quantitative estimate of drug-likeness (QED) is 0.336. The standard InChI is InChI=1S/C28H25ClN2O6/c29-22-10-6-20(7-11-22)24(32)18-37-28(35)21-8-12-23(13-9-21)30-26(33)16-25-27(34)31(14-15-36-25)17-19-4-2-1-3-5-19/h1-13,25H,14-18H2,(H,30,33). The van der Waals surface area contributed by atoms with Crippen molar-refractivity contribution in [3.8, 4) is 0 Å². The third kappa shape index (κ3) is 7.25. The zero-order valence-corrected chi connectivity index (χ0v) is 20.6. The summed E-state index contributed by atoms with van der Waals surface area (Å²) in [5.41, 5.74) is 2.07. The molecule has 8 nitrogen and oxygen atoms in total. The number of anilines is 1. The van der Waals surface area contributed by atoms with Gasteiger partial charge < -0.3 is 19.7 Å². The zero-order chi connectivity index (χ0) is 26.2. The van der Waals surface area contributed by atoms with E-state index in [9.17, 15) is 19.2 Å². The average molecular weight is 521 g/mol. The summed E-state index contributed by atoms with van der Waals surface area (Å²) in [7, 11) is 0. The summed E-state index contributed by atoms with van der Waals surface area (Å²) in [6.45, 7) is 0.877. The number of benzene rings is 3. The van der Waals surface area contributed by atoms with Crippen molar-refractivity contribution in [3.05, 3.63) is 101 Å². The molecule has 1 aliphatic rings. The van der Waals surface area contributed by atoms with Crippen LogP contribution in [-0.4, -0.2) is 54.3 Å². The number of amides is 2. The van der Waals surface area contributed by atoms with Gasteiger partial charge in [-0.2, -0.15) is 0 Å². The Labute approximate surface area is 219 Å². The van der Waals surface area contributed by atoms with Crippen molar-refractivity contribution < 1.29 is 28.7 Å². The Morgan fingerprint density at radius 1 is 0.946 bits per heavy atom. The molecule has 1 atom stereocenters. The molecule has 9 heteroatoms. The predicted molar refractivity (Wildman–Crippen MR) is 137 cm³/mol. The van der Waals surface area contributed by atoms with Gasteiger partial charge in [0.1, 0.15) is 6.10 Å². The molecule has 1 fully saturated rings. The smallest absolute Gasteiger partial charge is 0.338 e. The highest BCUT2D eigenvalue weighted by Gasteiger charge is 2.31. The van der Waals surface area contributed by atoms with E-state index in [4.69, 9.17) is 21.1 Å². The van der Waals surface area contributed by atoms with E-state index in [-0.39, 0.29) is 29.6 Å². The van der Waals surface area contributed by atoms with Crippen molar-refractivity contribution in [1.82, 2.24) is 4.90 Å². The average Bonchev–Trinajstić information content (AvgIpc) is 2.91. The maximum atomic E-state index is 12.8. The molecule has 0 aromatic heterocycles. The van der Waals surface area contributed by atoms with E-state index in [1.807, 2.05) is 30.3 Å². The van der Waals surface area contributed by atoms with Crippen LogP contribution >= 0.6 is 11.6 Å². The number of nitrogens with one attached hydrogen (secondary N) is 1. The number of carbonyl (C=O) groups excluding carboxylic acids is 4. The molecule has 2 amide bonds. The summed E-state index contributed by atoms with van der Waals surface area (Å²) >= 11 is 5.81. The number of hydrogen-bond acceptors (Lipinski definition) is 6. The summed E-state index contributed by atoms with van der Waals surface area (Å²) in [4.78, 5) is 51.5. The van der Waals surface area contributed by atoms with E-state index in [0.717, 1.165) is 5.56 Å². The maximum absolute atomic E-state index is 12.8. The lowest BCUT2D eigenvalue weighted by atomic mass is 10.1. The maximum Gasteiger partial charge on any atom is 0.338 e. The van der Waals surface area contributed by atoms with E-state index in [1.54, 1.807) is 41.3 Å². The second-order valence-electron chi connectivity index (χ2n) is 8.44. The first-order chi connectivity index (χ1) is 17.9. The van der Waals surface area contributed by atoms with Crippen LogP contribution in [0.3, 0.4) is 0 Å². The molecule has 1 unspecified atom stereocenters. The van der Waals surface area contributed by atoms with Gasteiger partial charge in [-0.05, 0) is 54.1 Å². The van der Waals surface area contributed by atoms with Crippen LogP contribution in [0.15, 0.2) is 78.9 Å². The number of ether oxygens (including phenoxy) is 2. The Morgan fingerprint density at radius 2 is 1.62 bits per heavy atom. The molecule has 0 bridgehead atoms. The van der Waals surface area contributed by atoms with Crippen molar-refractivity contribution in [1.29, 1.82) is 0 Å². The zero-order valence-electron chi connectivity index (χ0n) is 19.9. The fourth-order valence-corrected chi connectivity index (χ4v) is 3.93. The molecule has 1 heterocycles. The van der Waals surface area contributed by atoms with E-state index in [1.165, 1.54) is 12.1 Å². The summed E-state index contributed by atoms with van der Waals surface area (Å²) in [6, 6.07) is 22.0. The van der Waals surface area contributed by atoms with Crippen LogP contribution in [0.4, 0.5) is 5.69 Å². The molecule has 3 aromatic carbocycles. The lowest BCUT2D eigenvalue weighted by Gasteiger charge is -2.32. The van der Waals surface area contributed by atoms with E-state index in [2.05, 4.69) is 5.32 Å². The van der Waals surface area contributed by atoms with E-state index < -0.39 is 18.7 Å². The minimum atomic E-state index is -0.857. The highest BCUT2D eigenvalue weighted by molar-refractivity contribution is 6.30. The highest BCUT2D eigenvalue weighted by Crippen LogP contribution is 2.17.